The molecule has 0 heterocycles. The summed E-state index contributed by atoms with van der Waals surface area (Å²) in [5.41, 5.74) is 3.34. The Kier molecular flexibility index (Phi) is 7.11. The number of aliphatic hydroxyl groups excluding tert-OH is 1. The van der Waals surface area contributed by atoms with Crippen LogP contribution in [-0.2, 0) is 13.0 Å². The van der Waals surface area contributed by atoms with Gasteiger partial charge >= 0.3 is 6.03 Å². The van der Waals surface area contributed by atoms with Crippen LogP contribution in [0.5, 0.6) is 5.75 Å². The quantitative estimate of drug-likeness (QED) is 0.697. The first-order valence-electron chi connectivity index (χ1n) is 8.08. The smallest absolute Gasteiger partial charge is 0.315 e. The van der Waals surface area contributed by atoms with E-state index in [9.17, 15) is 4.79 Å². The van der Waals surface area contributed by atoms with E-state index in [0.29, 0.717) is 18.8 Å². The fraction of sp³-hybridized carbons (Fsp3) is 0.316. The van der Waals surface area contributed by atoms with E-state index in [1.165, 1.54) is 11.1 Å². The fourth-order valence-electron chi connectivity index (χ4n) is 2.39. The van der Waals surface area contributed by atoms with Gasteiger partial charge in [0.25, 0.3) is 0 Å². The van der Waals surface area contributed by atoms with Crippen molar-refractivity contribution in [2.24, 2.45) is 0 Å². The standard InChI is InChI=1S/C19H24N2O3/c1-15-6-2-3-7-16(15)10-11-20-19(23)21-14-17-8-4-5-9-18(17)24-13-12-22/h2-9,22H,10-14H2,1H3,(H2,20,21,23). The Bertz CT molecular complexity index is 659. The van der Waals surface area contributed by atoms with Crippen LogP contribution in [0.1, 0.15) is 16.7 Å². The number of benzene rings is 2. The topological polar surface area (TPSA) is 70.6 Å². The summed E-state index contributed by atoms with van der Waals surface area (Å²) >= 11 is 0. The Hall–Kier alpha value is -2.53. The number of rotatable bonds is 8. The Morgan fingerprint density at radius 2 is 1.75 bits per heavy atom. The monoisotopic (exact) mass is 328 g/mol. The van der Waals surface area contributed by atoms with Gasteiger partial charge in [0.2, 0.25) is 0 Å². The molecule has 5 heteroatoms. The van der Waals surface area contributed by atoms with Crippen molar-refractivity contribution in [2.75, 3.05) is 19.8 Å². The van der Waals surface area contributed by atoms with Crippen molar-refractivity contribution in [3.63, 3.8) is 0 Å². The van der Waals surface area contributed by atoms with Gasteiger partial charge in [-0.25, -0.2) is 4.79 Å². The lowest BCUT2D eigenvalue weighted by Gasteiger charge is -2.12. The SMILES string of the molecule is Cc1ccccc1CCNC(=O)NCc1ccccc1OCCO. The summed E-state index contributed by atoms with van der Waals surface area (Å²) in [6.45, 7) is 3.22. The summed E-state index contributed by atoms with van der Waals surface area (Å²) in [6.07, 6.45) is 0.802. The number of nitrogens with one attached hydrogen (secondary N) is 2. The molecule has 0 spiro atoms. The van der Waals surface area contributed by atoms with Gasteiger partial charge in [0.05, 0.1) is 6.61 Å². The fourth-order valence-corrected chi connectivity index (χ4v) is 2.39. The predicted molar refractivity (Wildman–Crippen MR) is 94.1 cm³/mol. The van der Waals surface area contributed by atoms with Crippen molar-refractivity contribution in [2.45, 2.75) is 19.9 Å². The second-order valence-corrected chi connectivity index (χ2v) is 5.47. The average molecular weight is 328 g/mol. The molecule has 0 fully saturated rings. The third-order valence-electron chi connectivity index (χ3n) is 3.70. The highest BCUT2D eigenvalue weighted by molar-refractivity contribution is 5.73. The van der Waals surface area contributed by atoms with E-state index < -0.39 is 0 Å². The summed E-state index contributed by atoms with van der Waals surface area (Å²) in [5, 5.41) is 14.5. The molecule has 2 rings (SSSR count). The Labute approximate surface area is 142 Å². The Balaban J connectivity index is 1.76. The van der Waals surface area contributed by atoms with E-state index in [4.69, 9.17) is 9.84 Å². The van der Waals surface area contributed by atoms with Gasteiger partial charge in [-0.05, 0) is 30.5 Å². The second-order valence-electron chi connectivity index (χ2n) is 5.47. The first-order valence-corrected chi connectivity index (χ1v) is 8.08. The summed E-state index contributed by atoms with van der Waals surface area (Å²) in [4.78, 5) is 11.9. The highest BCUT2D eigenvalue weighted by atomic mass is 16.5. The summed E-state index contributed by atoms with van der Waals surface area (Å²) < 4.78 is 5.45. The van der Waals surface area contributed by atoms with Crippen molar-refractivity contribution in [1.29, 1.82) is 0 Å². The van der Waals surface area contributed by atoms with Gasteiger partial charge in [-0.3, -0.25) is 0 Å². The van der Waals surface area contributed by atoms with Crippen LogP contribution >= 0.6 is 0 Å². The maximum absolute atomic E-state index is 11.9. The molecule has 0 unspecified atom stereocenters. The van der Waals surface area contributed by atoms with Gasteiger partial charge in [-0.2, -0.15) is 0 Å². The van der Waals surface area contributed by atoms with Gasteiger partial charge in [0.1, 0.15) is 12.4 Å². The molecule has 5 nitrogen and oxygen atoms in total. The lowest BCUT2D eigenvalue weighted by Crippen LogP contribution is -2.36. The van der Waals surface area contributed by atoms with Crippen LogP contribution in [0.15, 0.2) is 48.5 Å². The van der Waals surface area contributed by atoms with Crippen LogP contribution < -0.4 is 15.4 Å². The molecular formula is C19H24N2O3. The van der Waals surface area contributed by atoms with Crippen molar-refractivity contribution < 1.29 is 14.6 Å². The van der Waals surface area contributed by atoms with Gasteiger partial charge in [0, 0.05) is 18.7 Å². The summed E-state index contributed by atoms with van der Waals surface area (Å²) in [5.74, 6) is 0.673. The van der Waals surface area contributed by atoms with Gasteiger partial charge < -0.3 is 20.5 Å². The lowest BCUT2D eigenvalue weighted by atomic mass is 10.1. The van der Waals surface area contributed by atoms with E-state index in [2.05, 4.69) is 29.7 Å². The second kappa shape index (κ2) is 9.57. The molecule has 0 saturated heterocycles. The molecule has 0 saturated carbocycles. The van der Waals surface area contributed by atoms with Crippen molar-refractivity contribution >= 4 is 6.03 Å². The molecule has 2 amide bonds. The number of carbonyl (C=O) groups excluding carboxylic acids is 1. The van der Waals surface area contributed by atoms with Gasteiger partial charge in [-0.15, -0.1) is 0 Å². The molecule has 0 aliphatic carbocycles. The lowest BCUT2D eigenvalue weighted by molar-refractivity contribution is 0.200. The zero-order chi connectivity index (χ0) is 17.2. The van der Waals surface area contributed by atoms with E-state index in [0.717, 1.165) is 12.0 Å². The molecule has 0 aliphatic rings. The number of hydrogen-bond acceptors (Lipinski definition) is 3. The van der Waals surface area contributed by atoms with E-state index in [-0.39, 0.29) is 19.2 Å². The minimum Gasteiger partial charge on any atom is -0.491 e. The minimum absolute atomic E-state index is 0.0405. The molecular weight excluding hydrogens is 304 g/mol. The molecule has 2 aromatic carbocycles. The molecule has 0 radical (unpaired) electrons. The highest BCUT2D eigenvalue weighted by Gasteiger charge is 2.05. The first-order chi connectivity index (χ1) is 11.7. The van der Waals surface area contributed by atoms with Crippen LogP contribution in [0.25, 0.3) is 0 Å². The number of aliphatic hydroxyl groups is 1. The number of ether oxygens (including phenoxy) is 1. The first kappa shape index (κ1) is 17.8. The molecule has 24 heavy (non-hydrogen) atoms. The van der Waals surface area contributed by atoms with Gasteiger partial charge in [-0.1, -0.05) is 42.5 Å². The summed E-state index contributed by atoms with van der Waals surface area (Å²) in [6, 6.07) is 15.4. The van der Waals surface area contributed by atoms with Gasteiger partial charge in [0.15, 0.2) is 0 Å². The van der Waals surface area contributed by atoms with Crippen LogP contribution in [0.3, 0.4) is 0 Å². The number of urea groups is 1. The number of amides is 2. The zero-order valence-corrected chi connectivity index (χ0v) is 13.9. The normalized spacial score (nSPS) is 10.2. The summed E-state index contributed by atoms with van der Waals surface area (Å²) in [7, 11) is 0. The number of carbonyl (C=O) groups is 1. The molecule has 0 atom stereocenters. The van der Waals surface area contributed by atoms with Crippen molar-refractivity contribution in [3.05, 3.63) is 65.2 Å². The zero-order valence-electron chi connectivity index (χ0n) is 13.9. The number of hydrogen-bond donors (Lipinski definition) is 3. The average Bonchev–Trinajstić information content (AvgIpc) is 2.60. The van der Waals surface area contributed by atoms with Crippen LogP contribution in [0.2, 0.25) is 0 Å². The van der Waals surface area contributed by atoms with E-state index in [1.54, 1.807) is 0 Å². The van der Waals surface area contributed by atoms with E-state index >= 15 is 0 Å². The van der Waals surface area contributed by atoms with Crippen molar-refractivity contribution in [1.82, 2.24) is 10.6 Å². The molecule has 2 aromatic rings. The Morgan fingerprint density at radius 3 is 2.50 bits per heavy atom. The number of para-hydroxylation sites is 1. The van der Waals surface area contributed by atoms with Crippen LogP contribution in [0.4, 0.5) is 4.79 Å². The largest absolute Gasteiger partial charge is 0.491 e. The van der Waals surface area contributed by atoms with Crippen molar-refractivity contribution in [3.8, 4) is 5.75 Å². The third-order valence-corrected chi connectivity index (χ3v) is 3.70. The van der Waals surface area contributed by atoms with Crippen LogP contribution in [0, 0.1) is 6.92 Å². The minimum atomic E-state index is -0.208. The Morgan fingerprint density at radius 1 is 1.04 bits per heavy atom. The van der Waals surface area contributed by atoms with E-state index in [1.807, 2.05) is 36.4 Å². The molecule has 0 aromatic heterocycles. The van der Waals surface area contributed by atoms with Crippen LogP contribution in [-0.4, -0.2) is 30.9 Å². The molecule has 3 N–H and O–H groups in total. The predicted octanol–water partition coefficient (Wildman–Crippen LogP) is 2.41. The maximum atomic E-state index is 11.9. The molecule has 0 aliphatic heterocycles. The molecule has 128 valence electrons. The molecule has 0 bridgehead atoms. The highest BCUT2D eigenvalue weighted by Crippen LogP contribution is 2.17. The third kappa shape index (κ3) is 5.59. The maximum Gasteiger partial charge on any atom is 0.315 e. The number of aryl methyl sites for hydroxylation is 1.